The molecule has 2 N–H and O–H groups in total. The molecule has 4 rings (SSSR count). The van der Waals surface area contributed by atoms with E-state index in [9.17, 15) is 4.79 Å². The summed E-state index contributed by atoms with van der Waals surface area (Å²) in [6.07, 6.45) is 4.18. The van der Waals surface area contributed by atoms with Gasteiger partial charge in [-0.2, -0.15) is 0 Å². The van der Waals surface area contributed by atoms with E-state index in [1.54, 1.807) is 0 Å². The zero-order valence-corrected chi connectivity index (χ0v) is 21.3. The molecule has 1 aliphatic carbocycles. The molecule has 34 heavy (non-hydrogen) atoms. The number of aryl methyl sites for hydroxylation is 1. The van der Waals surface area contributed by atoms with Gasteiger partial charge in [0, 0.05) is 19.0 Å². The predicted octanol–water partition coefficient (Wildman–Crippen LogP) is 7.18. The number of aliphatic carboxylic acids is 1. The zero-order valence-electron chi connectivity index (χ0n) is 21.3. The first-order valence-electron chi connectivity index (χ1n) is 12.7. The third-order valence-corrected chi connectivity index (χ3v) is 7.21. The fourth-order valence-corrected chi connectivity index (χ4v) is 5.74. The number of fused-ring (bicyclic) bond motifs is 1. The number of carboxylic acids is 1. The lowest BCUT2D eigenvalue weighted by Gasteiger charge is -2.40. The molecule has 0 aliphatic heterocycles. The second-order valence-electron chi connectivity index (χ2n) is 11.3. The second kappa shape index (κ2) is 9.81. The molecule has 182 valence electrons. The van der Waals surface area contributed by atoms with Gasteiger partial charge < -0.3 is 15.0 Å². The lowest BCUT2D eigenvalue weighted by atomic mass is 9.70. The summed E-state index contributed by atoms with van der Waals surface area (Å²) in [7, 11) is 0. The third-order valence-electron chi connectivity index (χ3n) is 7.21. The maximum atomic E-state index is 11.0. The van der Waals surface area contributed by atoms with Gasteiger partial charge in [-0.25, -0.2) is 4.98 Å². The largest absolute Gasteiger partial charge is 0.481 e. The molecule has 3 aromatic rings. The first-order valence-corrected chi connectivity index (χ1v) is 12.7. The Labute approximate surface area is 203 Å². The van der Waals surface area contributed by atoms with Gasteiger partial charge in [0.15, 0.2) is 0 Å². The topological polar surface area (TPSA) is 67.2 Å². The summed E-state index contributed by atoms with van der Waals surface area (Å²) in [5.74, 6) is 1.33. The van der Waals surface area contributed by atoms with E-state index in [2.05, 4.69) is 87.0 Å². The van der Waals surface area contributed by atoms with Gasteiger partial charge in [0.1, 0.15) is 0 Å². The van der Waals surface area contributed by atoms with Crippen LogP contribution in [-0.4, -0.2) is 20.6 Å². The number of nitrogens with one attached hydrogen (secondary N) is 1. The van der Waals surface area contributed by atoms with Crippen molar-refractivity contribution < 1.29 is 9.90 Å². The van der Waals surface area contributed by atoms with Gasteiger partial charge in [0.2, 0.25) is 5.95 Å². The summed E-state index contributed by atoms with van der Waals surface area (Å²) in [5, 5.41) is 12.7. The van der Waals surface area contributed by atoms with Crippen molar-refractivity contribution in [1.29, 1.82) is 0 Å². The SMILES string of the molecule is CC(C)c1ccc(CNc2nc3cc(CCC(=O)O)ccc3n2[C@@H]2C[C@H](C)CC(C)(C)C2)cc1. The Morgan fingerprint density at radius 2 is 1.85 bits per heavy atom. The highest BCUT2D eigenvalue weighted by molar-refractivity contribution is 5.80. The van der Waals surface area contributed by atoms with Crippen LogP contribution >= 0.6 is 0 Å². The minimum Gasteiger partial charge on any atom is -0.481 e. The lowest BCUT2D eigenvalue weighted by Crippen LogP contribution is -2.30. The van der Waals surface area contributed by atoms with Gasteiger partial charge in [-0.1, -0.05) is 65.0 Å². The van der Waals surface area contributed by atoms with Crippen LogP contribution in [0, 0.1) is 11.3 Å². The minimum atomic E-state index is -0.769. The fraction of sp³-hybridized carbons (Fsp3) is 0.517. The molecule has 0 amide bonds. The maximum absolute atomic E-state index is 11.0. The van der Waals surface area contributed by atoms with E-state index in [4.69, 9.17) is 10.1 Å². The Kier molecular flexibility index (Phi) is 7.01. The Bertz CT molecular complexity index is 1140. The van der Waals surface area contributed by atoms with E-state index in [1.807, 2.05) is 0 Å². The van der Waals surface area contributed by atoms with Gasteiger partial charge in [-0.15, -0.1) is 0 Å². The molecule has 1 saturated carbocycles. The molecule has 1 aliphatic rings. The van der Waals surface area contributed by atoms with Gasteiger partial charge >= 0.3 is 5.97 Å². The maximum Gasteiger partial charge on any atom is 0.303 e. The monoisotopic (exact) mass is 461 g/mol. The minimum absolute atomic E-state index is 0.137. The Balaban J connectivity index is 1.66. The van der Waals surface area contributed by atoms with Crippen LogP contribution in [0.15, 0.2) is 42.5 Å². The summed E-state index contributed by atoms with van der Waals surface area (Å²) in [5.41, 5.74) is 5.98. The molecule has 2 aromatic carbocycles. The van der Waals surface area contributed by atoms with Crippen LogP contribution in [0.1, 0.15) is 89.0 Å². The van der Waals surface area contributed by atoms with E-state index in [0.29, 0.717) is 29.7 Å². The van der Waals surface area contributed by atoms with Crippen LogP contribution in [0.2, 0.25) is 0 Å². The zero-order chi connectivity index (χ0) is 24.5. The lowest BCUT2D eigenvalue weighted by molar-refractivity contribution is -0.136. The average Bonchev–Trinajstić information content (AvgIpc) is 3.12. The summed E-state index contributed by atoms with van der Waals surface area (Å²) in [4.78, 5) is 16.1. The van der Waals surface area contributed by atoms with Crippen LogP contribution < -0.4 is 5.32 Å². The van der Waals surface area contributed by atoms with Gasteiger partial charge in [0.25, 0.3) is 0 Å². The number of carbonyl (C=O) groups is 1. The summed E-state index contributed by atoms with van der Waals surface area (Å²) < 4.78 is 2.41. The van der Waals surface area contributed by atoms with E-state index in [-0.39, 0.29) is 6.42 Å². The Morgan fingerprint density at radius 3 is 2.50 bits per heavy atom. The van der Waals surface area contributed by atoms with Gasteiger partial charge in [0.05, 0.1) is 11.0 Å². The molecule has 1 fully saturated rings. The first kappa shape index (κ1) is 24.3. The quantitative estimate of drug-likeness (QED) is 0.373. The molecular formula is C29H39N3O2. The van der Waals surface area contributed by atoms with Gasteiger partial charge in [-0.05, 0) is 71.8 Å². The van der Waals surface area contributed by atoms with Crippen LogP contribution in [0.25, 0.3) is 11.0 Å². The molecule has 5 nitrogen and oxygen atoms in total. The van der Waals surface area contributed by atoms with E-state index in [0.717, 1.165) is 41.9 Å². The number of hydrogen-bond acceptors (Lipinski definition) is 3. The highest BCUT2D eigenvalue weighted by Crippen LogP contribution is 2.45. The number of anilines is 1. The number of carboxylic acid groups (broad SMARTS) is 1. The molecule has 0 spiro atoms. The summed E-state index contributed by atoms with van der Waals surface area (Å²) in [6.45, 7) is 12.3. The number of nitrogens with zero attached hydrogens (tertiary/aromatic N) is 2. The molecule has 0 radical (unpaired) electrons. The number of imidazole rings is 1. The molecule has 0 bridgehead atoms. The van der Waals surface area contributed by atoms with Gasteiger partial charge in [-0.3, -0.25) is 4.79 Å². The Hall–Kier alpha value is -2.82. The smallest absolute Gasteiger partial charge is 0.303 e. The van der Waals surface area contributed by atoms with E-state index in [1.165, 1.54) is 17.5 Å². The third kappa shape index (κ3) is 5.63. The van der Waals surface area contributed by atoms with Crippen molar-refractivity contribution in [3.8, 4) is 0 Å². The van der Waals surface area contributed by atoms with Crippen molar-refractivity contribution in [2.45, 2.75) is 85.2 Å². The number of benzene rings is 2. The standard InChI is InChI=1S/C29H39N3O2/c1-19(2)23-10-6-22(7-11-23)18-30-28-31-25-15-21(9-13-27(33)34)8-12-26(25)32(28)24-14-20(3)16-29(4,5)17-24/h6-8,10-12,15,19-20,24H,9,13-14,16-18H2,1-5H3,(H,30,31)(H,33,34)/t20-,24+/m0/s1. The average molecular weight is 462 g/mol. The number of rotatable bonds is 8. The molecule has 5 heteroatoms. The molecule has 0 saturated heterocycles. The molecule has 0 unspecified atom stereocenters. The van der Waals surface area contributed by atoms with Crippen molar-refractivity contribution in [2.75, 3.05) is 5.32 Å². The van der Waals surface area contributed by atoms with Crippen LogP contribution in [0.4, 0.5) is 5.95 Å². The van der Waals surface area contributed by atoms with Crippen LogP contribution in [0.5, 0.6) is 0 Å². The highest BCUT2D eigenvalue weighted by Gasteiger charge is 2.34. The van der Waals surface area contributed by atoms with E-state index < -0.39 is 5.97 Å². The molecular weight excluding hydrogens is 422 g/mol. The highest BCUT2D eigenvalue weighted by atomic mass is 16.4. The van der Waals surface area contributed by atoms with Crippen LogP contribution in [-0.2, 0) is 17.8 Å². The molecule has 2 atom stereocenters. The molecule has 1 heterocycles. The van der Waals surface area contributed by atoms with Crippen LogP contribution in [0.3, 0.4) is 0 Å². The van der Waals surface area contributed by atoms with Crippen molar-refractivity contribution in [3.63, 3.8) is 0 Å². The van der Waals surface area contributed by atoms with Crippen molar-refractivity contribution in [3.05, 3.63) is 59.2 Å². The predicted molar refractivity (Wildman–Crippen MR) is 139 cm³/mol. The summed E-state index contributed by atoms with van der Waals surface area (Å²) >= 11 is 0. The second-order valence-corrected chi connectivity index (χ2v) is 11.3. The Morgan fingerprint density at radius 1 is 1.15 bits per heavy atom. The summed E-state index contributed by atoms with van der Waals surface area (Å²) in [6, 6.07) is 15.5. The van der Waals surface area contributed by atoms with Crippen molar-refractivity contribution in [2.24, 2.45) is 11.3 Å². The number of hydrogen-bond donors (Lipinski definition) is 2. The van der Waals surface area contributed by atoms with E-state index >= 15 is 0 Å². The normalized spacial score (nSPS) is 20.1. The fourth-order valence-electron chi connectivity index (χ4n) is 5.74. The molecule has 1 aromatic heterocycles. The van der Waals surface area contributed by atoms with Crippen molar-refractivity contribution in [1.82, 2.24) is 9.55 Å². The number of aromatic nitrogens is 2. The van der Waals surface area contributed by atoms with Crippen molar-refractivity contribution >= 4 is 23.0 Å². The first-order chi connectivity index (χ1) is 16.1.